The molecule has 46 heavy (non-hydrogen) atoms. The maximum atomic E-state index is 12.2. The Bertz CT molecular complexity index is 1960. The lowest BCUT2D eigenvalue weighted by molar-refractivity contribution is -0.141. The number of allylic oxidation sites excluding steroid dienone is 3. The summed E-state index contributed by atoms with van der Waals surface area (Å²) in [5, 5.41) is 21.7. The van der Waals surface area contributed by atoms with Gasteiger partial charge in [0, 0.05) is 46.0 Å². The molecule has 0 spiro atoms. The Kier molecular flexibility index (Phi) is 9.32. The first-order valence-electron chi connectivity index (χ1n) is 15.5. The zero-order valence-electron chi connectivity index (χ0n) is 27.7. The molecule has 2 aliphatic heterocycles. The maximum Gasteiger partial charge on any atom is 0.305 e. The van der Waals surface area contributed by atoms with Crippen molar-refractivity contribution in [2.75, 3.05) is 14.2 Å². The van der Waals surface area contributed by atoms with Crippen LogP contribution in [0.15, 0.2) is 24.3 Å². The predicted octanol–water partition coefficient (Wildman–Crippen LogP) is 6.29. The van der Waals surface area contributed by atoms with Crippen LogP contribution in [-0.4, -0.2) is 62.4 Å². The lowest BCUT2D eigenvalue weighted by atomic mass is 9.99. The molecule has 0 saturated carbocycles. The number of H-pyrrole nitrogens is 2. The average molecular weight is 627 g/mol. The fourth-order valence-corrected chi connectivity index (χ4v) is 6.51. The highest BCUT2D eigenvalue weighted by Crippen LogP contribution is 2.38. The topological polar surface area (TPSA) is 150 Å². The van der Waals surface area contributed by atoms with E-state index in [0.717, 1.165) is 66.6 Å². The lowest BCUT2D eigenvalue weighted by Gasteiger charge is -2.07. The first-order chi connectivity index (χ1) is 21.8. The molecule has 0 amide bonds. The third-order valence-corrected chi connectivity index (χ3v) is 9.08. The number of aromatic amines is 2. The number of esters is 2. The standard InChI is InChI=1S/C36H42N4O6/c1-17-23(9-11-33(43)45-7)29-16-30-24(10-12-34(44)46-8)18(2)26(38-30)14-31-36(22(6)42)20(4)28(40-31)15-32-35(21(5)41)19(3)27(39-32)13-25(17)37-29/h13-16,21-22,38,40-42H,9-12H2,1-8H3. The van der Waals surface area contributed by atoms with Gasteiger partial charge in [0.15, 0.2) is 0 Å². The zero-order chi connectivity index (χ0) is 33.4. The van der Waals surface area contributed by atoms with Gasteiger partial charge >= 0.3 is 11.9 Å². The van der Waals surface area contributed by atoms with E-state index in [9.17, 15) is 19.8 Å². The number of aliphatic hydroxyl groups is 2. The van der Waals surface area contributed by atoms with Gasteiger partial charge in [0.05, 0.1) is 49.2 Å². The van der Waals surface area contributed by atoms with E-state index in [-0.39, 0.29) is 24.8 Å². The van der Waals surface area contributed by atoms with E-state index in [4.69, 9.17) is 19.4 Å². The summed E-state index contributed by atoms with van der Waals surface area (Å²) in [4.78, 5) is 41.4. The number of hydrogen-bond donors (Lipinski definition) is 4. The minimum atomic E-state index is -0.767. The smallest absolute Gasteiger partial charge is 0.305 e. The Morgan fingerprint density at radius 3 is 1.89 bits per heavy atom. The van der Waals surface area contributed by atoms with Crippen molar-refractivity contribution in [3.63, 3.8) is 0 Å². The van der Waals surface area contributed by atoms with Gasteiger partial charge in [0.25, 0.3) is 0 Å². The van der Waals surface area contributed by atoms with Gasteiger partial charge in [-0.15, -0.1) is 0 Å². The first-order valence-corrected chi connectivity index (χ1v) is 15.5. The van der Waals surface area contributed by atoms with Crippen molar-refractivity contribution in [1.82, 2.24) is 19.9 Å². The molecule has 0 aliphatic carbocycles. The highest BCUT2D eigenvalue weighted by molar-refractivity contribution is 5.96. The molecule has 0 aromatic carbocycles. The van der Waals surface area contributed by atoms with E-state index in [2.05, 4.69) is 9.97 Å². The van der Waals surface area contributed by atoms with Gasteiger partial charge in [0.1, 0.15) is 0 Å². The van der Waals surface area contributed by atoms with E-state index in [1.165, 1.54) is 14.2 Å². The fraction of sp³-hybridized carbons (Fsp3) is 0.389. The van der Waals surface area contributed by atoms with E-state index < -0.39 is 12.2 Å². The van der Waals surface area contributed by atoms with Gasteiger partial charge in [0.2, 0.25) is 0 Å². The van der Waals surface area contributed by atoms with Crippen molar-refractivity contribution < 1.29 is 29.3 Å². The Morgan fingerprint density at radius 2 is 1.26 bits per heavy atom. The summed E-state index contributed by atoms with van der Waals surface area (Å²) >= 11 is 0. The number of methoxy groups -OCH3 is 2. The van der Waals surface area contributed by atoms with Gasteiger partial charge in [-0.1, -0.05) is 0 Å². The van der Waals surface area contributed by atoms with Gasteiger partial charge < -0.3 is 29.7 Å². The Morgan fingerprint density at radius 1 is 0.696 bits per heavy atom. The molecule has 3 aromatic rings. The van der Waals surface area contributed by atoms with Crippen LogP contribution in [0.2, 0.25) is 0 Å². The molecule has 4 N–H and O–H groups in total. The van der Waals surface area contributed by atoms with Crippen molar-refractivity contribution in [3.8, 4) is 0 Å². The molecule has 2 unspecified atom stereocenters. The second-order valence-electron chi connectivity index (χ2n) is 12.0. The van der Waals surface area contributed by atoms with E-state index in [1.807, 2.05) is 52.0 Å². The minimum absolute atomic E-state index is 0.191. The molecule has 242 valence electrons. The summed E-state index contributed by atoms with van der Waals surface area (Å²) in [6.45, 7) is 11.3. The third-order valence-electron chi connectivity index (χ3n) is 9.08. The lowest BCUT2D eigenvalue weighted by Crippen LogP contribution is -2.02. The summed E-state index contributed by atoms with van der Waals surface area (Å²) in [5.74, 6) is -0.621. The Labute approximate surface area is 268 Å². The number of ether oxygens (including phenoxy) is 2. The van der Waals surface area contributed by atoms with Crippen LogP contribution in [0.3, 0.4) is 0 Å². The number of aromatic nitrogens is 4. The van der Waals surface area contributed by atoms with Crippen molar-refractivity contribution >= 4 is 56.3 Å². The van der Waals surface area contributed by atoms with Crippen LogP contribution < -0.4 is 0 Å². The molecule has 0 saturated heterocycles. The number of aliphatic hydroxyl groups excluding tert-OH is 2. The number of nitrogens with zero attached hydrogens (tertiary/aromatic N) is 2. The fourth-order valence-electron chi connectivity index (χ4n) is 6.51. The Balaban J connectivity index is 1.92. The van der Waals surface area contributed by atoms with Crippen molar-refractivity contribution in [2.45, 2.75) is 79.4 Å². The van der Waals surface area contributed by atoms with E-state index in [1.54, 1.807) is 13.8 Å². The quantitative estimate of drug-likeness (QED) is 0.213. The number of nitrogens with one attached hydrogen (secondary N) is 2. The highest BCUT2D eigenvalue weighted by atomic mass is 16.5. The second kappa shape index (κ2) is 13.1. The maximum absolute atomic E-state index is 12.2. The van der Waals surface area contributed by atoms with Crippen LogP contribution in [-0.2, 0) is 25.5 Å². The number of rotatable bonds is 8. The number of carbonyl (C=O) groups excluding carboxylic acids is 2. The van der Waals surface area contributed by atoms with E-state index >= 15 is 0 Å². The summed E-state index contributed by atoms with van der Waals surface area (Å²) in [6.07, 6.45) is -0.263. The van der Waals surface area contributed by atoms with Gasteiger partial charge in [-0.3, -0.25) is 9.59 Å². The molecule has 10 heteroatoms. The molecule has 3 aromatic heterocycles. The molecule has 2 atom stereocenters. The average Bonchev–Trinajstić information content (AvgIpc) is 3.67. The molecule has 10 nitrogen and oxygen atoms in total. The summed E-state index contributed by atoms with van der Waals surface area (Å²) in [5.41, 5.74) is 12.7. The van der Waals surface area contributed by atoms with E-state index in [0.29, 0.717) is 35.6 Å². The molecule has 2 aliphatic rings. The van der Waals surface area contributed by atoms with Crippen LogP contribution in [0.5, 0.6) is 0 Å². The molecular formula is C36H42N4O6. The number of fused-ring (bicyclic) bond motifs is 8. The summed E-state index contributed by atoms with van der Waals surface area (Å²) in [6, 6.07) is 7.77. The molecule has 8 bridgehead atoms. The van der Waals surface area contributed by atoms with Crippen LogP contribution in [0, 0.1) is 13.8 Å². The van der Waals surface area contributed by atoms with Crippen LogP contribution >= 0.6 is 0 Å². The predicted molar refractivity (Wildman–Crippen MR) is 179 cm³/mol. The number of aryl methyl sites for hydroxylation is 3. The van der Waals surface area contributed by atoms with Crippen LogP contribution in [0.1, 0.15) is 98.1 Å². The number of hydrogen-bond acceptors (Lipinski definition) is 8. The molecule has 5 rings (SSSR count). The Hall–Kier alpha value is -4.54. The first kappa shape index (κ1) is 32.8. The highest BCUT2D eigenvalue weighted by Gasteiger charge is 2.24. The summed E-state index contributed by atoms with van der Waals surface area (Å²) < 4.78 is 9.87. The zero-order valence-corrected chi connectivity index (χ0v) is 27.7. The molecule has 0 fully saturated rings. The van der Waals surface area contributed by atoms with Crippen LogP contribution in [0.4, 0.5) is 0 Å². The minimum Gasteiger partial charge on any atom is -0.469 e. The van der Waals surface area contributed by atoms with Gasteiger partial charge in [-0.2, -0.15) is 0 Å². The van der Waals surface area contributed by atoms with Crippen molar-refractivity contribution in [2.24, 2.45) is 0 Å². The van der Waals surface area contributed by atoms with Crippen molar-refractivity contribution in [3.05, 3.63) is 69.3 Å². The van der Waals surface area contributed by atoms with Gasteiger partial charge in [-0.05, 0) is 112 Å². The second-order valence-corrected chi connectivity index (χ2v) is 12.0. The van der Waals surface area contributed by atoms with Gasteiger partial charge in [-0.25, -0.2) is 9.97 Å². The van der Waals surface area contributed by atoms with Crippen molar-refractivity contribution in [1.29, 1.82) is 0 Å². The monoisotopic (exact) mass is 626 g/mol. The molecule has 5 heterocycles. The third kappa shape index (κ3) is 6.15. The SMILES string of the molecule is COC(=O)CCC1=C(C)c2cc3nc(cc4[nH]c(cc5[nH]c(cc1n2)c(CCC(=O)OC)c5C)c(C(C)O)c4C)C(C(C)O)=C3C. The largest absolute Gasteiger partial charge is 0.469 e. The van der Waals surface area contributed by atoms with Crippen LogP contribution in [0.25, 0.3) is 44.4 Å². The molecular weight excluding hydrogens is 584 g/mol. The number of carbonyl (C=O) groups is 2. The normalized spacial score (nSPS) is 14.5. The molecule has 0 radical (unpaired) electrons. The summed E-state index contributed by atoms with van der Waals surface area (Å²) in [7, 11) is 2.75.